The first-order chi connectivity index (χ1) is 9.90. The molecule has 2 aromatic heterocycles. The highest BCUT2D eigenvalue weighted by Gasteiger charge is 2.16. The molecule has 1 aliphatic heterocycles. The Bertz CT molecular complexity index is 692. The molecule has 3 heterocycles. The van der Waals surface area contributed by atoms with E-state index in [1.165, 1.54) is 24.0 Å². The van der Waals surface area contributed by atoms with Crippen LogP contribution in [0.2, 0.25) is 0 Å². The molecule has 1 fully saturated rings. The number of fused-ring (bicyclic) bond motifs is 1. The van der Waals surface area contributed by atoms with E-state index in [1.807, 2.05) is 24.3 Å². The fourth-order valence-electron chi connectivity index (χ4n) is 2.70. The monoisotopic (exact) mass is 284 g/mol. The summed E-state index contributed by atoms with van der Waals surface area (Å²) in [5.41, 5.74) is 1.04. The van der Waals surface area contributed by atoms with Crippen molar-refractivity contribution in [2.45, 2.75) is 19.3 Å². The Balaban J connectivity index is 1.66. The van der Waals surface area contributed by atoms with Gasteiger partial charge in [0, 0.05) is 19.2 Å². The van der Waals surface area contributed by atoms with Crippen LogP contribution in [-0.2, 0) is 0 Å². The second-order valence-electron chi connectivity index (χ2n) is 5.17. The van der Waals surface area contributed by atoms with E-state index in [0.29, 0.717) is 0 Å². The minimum atomic E-state index is 0.881. The highest BCUT2D eigenvalue weighted by atomic mass is 32.1. The minimum Gasteiger partial charge on any atom is -0.438 e. The Hall–Kier alpha value is -1.81. The molecule has 1 saturated heterocycles. The van der Waals surface area contributed by atoms with Gasteiger partial charge in [-0.3, -0.25) is 0 Å². The zero-order valence-electron chi connectivity index (χ0n) is 11.2. The summed E-state index contributed by atoms with van der Waals surface area (Å²) in [5.74, 6) is 1.87. The van der Waals surface area contributed by atoms with Crippen LogP contribution >= 0.6 is 11.3 Å². The highest BCUT2D eigenvalue weighted by molar-refractivity contribution is 7.21. The Morgan fingerprint density at radius 2 is 1.85 bits per heavy atom. The largest absolute Gasteiger partial charge is 0.438 e. The zero-order chi connectivity index (χ0) is 13.4. The summed E-state index contributed by atoms with van der Waals surface area (Å²) in [7, 11) is 0. The van der Waals surface area contributed by atoms with E-state index in [2.05, 4.69) is 22.0 Å². The zero-order valence-corrected chi connectivity index (χ0v) is 12.0. The number of thiazole rings is 1. The molecule has 4 rings (SSSR count). The lowest BCUT2D eigenvalue weighted by molar-refractivity contribution is 0.507. The number of furan rings is 1. The first-order valence-corrected chi connectivity index (χ1v) is 7.92. The van der Waals surface area contributed by atoms with Gasteiger partial charge in [0.05, 0.1) is 10.2 Å². The van der Waals surface area contributed by atoms with Crippen LogP contribution in [-0.4, -0.2) is 18.1 Å². The summed E-state index contributed by atoms with van der Waals surface area (Å²) in [6, 6.07) is 12.3. The van der Waals surface area contributed by atoms with Gasteiger partial charge in [0.1, 0.15) is 0 Å². The molecule has 0 aliphatic carbocycles. The maximum Gasteiger partial charge on any atom is 0.196 e. The number of rotatable bonds is 2. The lowest BCUT2D eigenvalue weighted by atomic mass is 10.1. The predicted molar refractivity (Wildman–Crippen MR) is 83.4 cm³/mol. The number of piperidine rings is 1. The molecule has 0 radical (unpaired) electrons. The molecule has 1 aromatic carbocycles. The smallest absolute Gasteiger partial charge is 0.196 e. The third-order valence-electron chi connectivity index (χ3n) is 3.76. The molecule has 102 valence electrons. The van der Waals surface area contributed by atoms with Gasteiger partial charge in [-0.15, -0.1) is 11.3 Å². The summed E-state index contributed by atoms with van der Waals surface area (Å²) in [6.45, 7) is 2.21. The Kier molecular flexibility index (Phi) is 2.96. The van der Waals surface area contributed by atoms with Gasteiger partial charge < -0.3 is 9.32 Å². The molecule has 4 heteroatoms. The molecule has 0 bridgehead atoms. The number of hydrogen-bond donors (Lipinski definition) is 0. The molecule has 0 unspecified atom stereocenters. The van der Waals surface area contributed by atoms with Crippen LogP contribution in [0.3, 0.4) is 0 Å². The van der Waals surface area contributed by atoms with Crippen molar-refractivity contribution in [3.05, 3.63) is 36.4 Å². The number of anilines is 1. The van der Waals surface area contributed by atoms with Gasteiger partial charge in [-0.25, -0.2) is 4.98 Å². The molecule has 0 amide bonds. The predicted octanol–water partition coefficient (Wildman–Crippen LogP) is 4.55. The fraction of sp³-hybridized carbons (Fsp3) is 0.312. The third kappa shape index (κ3) is 2.10. The third-order valence-corrected chi connectivity index (χ3v) is 4.82. The van der Waals surface area contributed by atoms with E-state index in [9.17, 15) is 0 Å². The van der Waals surface area contributed by atoms with Crippen molar-refractivity contribution in [1.29, 1.82) is 0 Å². The molecule has 0 atom stereocenters. The van der Waals surface area contributed by atoms with Crippen LogP contribution < -0.4 is 4.90 Å². The highest BCUT2D eigenvalue weighted by Crippen LogP contribution is 2.33. The van der Waals surface area contributed by atoms with Crippen LogP contribution in [0.1, 0.15) is 19.3 Å². The molecule has 0 saturated carbocycles. The topological polar surface area (TPSA) is 29.3 Å². The second kappa shape index (κ2) is 4.94. The van der Waals surface area contributed by atoms with Gasteiger partial charge in [-0.1, -0.05) is 12.1 Å². The summed E-state index contributed by atoms with van der Waals surface area (Å²) in [5, 5.41) is 0.967. The standard InChI is InChI=1S/C16H16N2OS/c1-4-10-18(11-5-1)15-9-8-13(19-15)16-17-12-6-2-3-7-14(12)20-16/h2-3,6-9H,1,4-5,10-11H2. The van der Waals surface area contributed by atoms with Crippen LogP contribution in [0, 0.1) is 0 Å². The van der Waals surface area contributed by atoms with Crippen LogP contribution in [0.25, 0.3) is 21.0 Å². The fourth-order valence-corrected chi connectivity index (χ4v) is 3.63. The number of nitrogens with zero attached hydrogens (tertiary/aromatic N) is 2. The molecular formula is C16H16N2OS. The number of hydrogen-bond acceptors (Lipinski definition) is 4. The van der Waals surface area contributed by atoms with Gasteiger partial charge in [-0.2, -0.15) is 0 Å². The van der Waals surface area contributed by atoms with E-state index >= 15 is 0 Å². The van der Waals surface area contributed by atoms with Crippen molar-refractivity contribution in [3.8, 4) is 10.8 Å². The lowest BCUT2D eigenvalue weighted by Gasteiger charge is -2.25. The first kappa shape index (κ1) is 12.0. The van der Waals surface area contributed by atoms with E-state index in [1.54, 1.807) is 11.3 Å². The van der Waals surface area contributed by atoms with Gasteiger partial charge >= 0.3 is 0 Å². The van der Waals surface area contributed by atoms with Gasteiger partial charge in [-0.05, 0) is 37.5 Å². The van der Waals surface area contributed by atoms with E-state index in [-0.39, 0.29) is 0 Å². The van der Waals surface area contributed by atoms with E-state index < -0.39 is 0 Å². The van der Waals surface area contributed by atoms with Crippen molar-refractivity contribution in [1.82, 2.24) is 4.98 Å². The maximum absolute atomic E-state index is 6.01. The molecule has 3 aromatic rings. The van der Waals surface area contributed by atoms with Crippen molar-refractivity contribution in [3.63, 3.8) is 0 Å². The Morgan fingerprint density at radius 3 is 2.70 bits per heavy atom. The average molecular weight is 284 g/mol. The Morgan fingerprint density at radius 1 is 1.00 bits per heavy atom. The van der Waals surface area contributed by atoms with Crippen molar-refractivity contribution >= 4 is 27.4 Å². The lowest BCUT2D eigenvalue weighted by Crippen LogP contribution is -2.28. The molecule has 0 N–H and O–H groups in total. The number of benzene rings is 1. The van der Waals surface area contributed by atoms with Crippen molar-refractivity contribution in [2.75, 3.05) is 18.0 Å². The van der Waals surface area contributed by atoms with Crippen molar-refractivity contribution in [2.24, 2.45) is 0 Å². The summed E-state index contributed by atoms with van der Waals surface area (Å²) >= 11 is 1.69. The normalized spacial score (nSPS) is 15.9. The summed E-state index contributed by atoms with van der Waals surface area (Å²) in [6.07, 6.45) is 3.86. The maximum atomic E-state index is 6.01. The van der Waals surface area contributed by atoms with Crippen LogP contribution in [0.4, 0.5) is 5.88 Å². The molecule has 1 aliphatic rings. The second-order valence-corrected chi connectivity index (χ2v) is 6.20. The van der Waals surface area contributed by atoms with Gasteiger partial charge in [0.15, 0.2) is 16.7 Å². The van der Waals surface area contributed by atoms with Crippen LogP contribution in [0.15, 0.2) is 40.8 Å². The molecule has 0 spiro atoms. The van der Waals surface area contributed by atoms with E-state index in [0.717, 1.165) is 35.3 Å². The first-order valence-electron chi connectivity index (χ1n) is 7.11. The number of aromatic nitrogens is 1. The summed E-state index contributed by atoms with van der Waals surface area (Å²) < 4.78 is 7.22. The molecule has 20 heavy (non-hydrogen) atoms. The molecule has 3 nitrogen and oxygen atoms in total. The van der Waals surface area contributed by atoms with Crippen LogP contribution in [0.5, 0.6) is 0 Å². The SMILES string of the molecule is c1ccc2sc(-c3ccc(N4CCCCC4)o3)nc2c1. The van der Waals surface area contributed by atoms with E-state index in [4.69, 9.17) is 4.42 Å². The summed E-state index contributed by atoms with van der Waals surface area (Å²) in [4.78, 5) is 6.98. The Labute approximate surface area is 121 Å². The minimum absolute atomic E-state index is 0.881. The number of para-hydroxylation sites is 1. The van der Waals surface area contributed by atoms with Gasteiger partial charge in [0.2, 0.25) is 0 Å². The van der Waals surface area contributed by atoms with Crippen molar-refractivity contribution < 1.29 is 4.42 Å². The molecular weight excluding hydrogens is 268 g/mol. The van der Waals surface area contributed by atoms with Gasteiger partial charge in [0.25, 0.3) is 0 Å². The average Bonchev–Trinajstić information content (AvgIpc) is 3.14. The quantitative estimate of drug-likeness (QED) is 0.691.